The third-order valence-corrected chi connectivity index (χ3v) is 2.91. The lowest BCUT2D eigenvalue weighted by atomic mass is 10.1. The molecule has 17 heavy (non-hydrogen) atoms. The molecule has 2 aromatic rings. The Hall–Kier alpha value is -0.970. The zero-order valence-electron chi connectivity index (χ0n) is 9.14. The monoisotopic (exact) mass is 313 g/mol. The molecular weight excluding hydrogens is 302 g/mol. The van der Waals surface area contributed by atoms with Crippen LogP contribution in [0, 0.1) is 0 Å². The average molecular weight is 315 g/mol. The Morgan fingerprint density at radius 2 is 1.94 bits per heavy atom. The molecule has 0 saturated carbocycles. The second-order valence-electron chi connectivity index (χ2n) is 3.38. The molecule has 0 aliphatic rings. The summed E-state index contributed by atoms with van der Waals surface area (Å²) in [6.45, 7) is 0.569. The number of aromatic nitrogens is 2. The van der Waals surface area contributed by atoms with Gasteiger partial charge >= 0.3 is 0 Å². The minimum absolute atomic E-state index is 0. The van der Waals surface area contributed by atoms with E-state index in [9.17, 15) is 0 Å². The highest BCUT2D eigenvalue weighted by Gasteiger charge is 2.04. The van der Waals surface area contributed by atoms with Gasteiger partial charge in [-0.3, -0.25) is 0 Å². The van der Waals surface area contributed by atoms with E-state index in [0.717, 1.165) is 21.6 Å². The summed E-state index contributed by atoms with van der Waals surface area (Å²) in [5.74, 6) is 0.788. The number of hydrogen-bond donors (Lipinski definition) is 1. The predicted octanol–water partition coefficient (Wildman–Crippen LogP) is 2.83. The van der Waals surface area contributed by atoms with Crippen LogP contribution in [0.15, 0.2) is 41.0 Å². The van der Waals surface area contributed by atoms with E-state index in [0.29, 0.717) is 13.0 Å². The molecule has 0 spiro atoms. The van der Waals surface area contributed by atoms with E-state index in [1.54, 1.807) is 6.20 Å². The van der Waals surface area contributed by atoms with E-state index in [-0.39, 0.29) is 12.4 Å². The molecule has 0 radical (unpaired) electrons. The van der Waals surface area contributed by atoms with Gasteiger partial charge in [0.1, 0.15) is 5.82 Å². The molecule has 0 bridgehead atoms. The van der Waals surface area contributed by atoms with Crippen LogP contribution in [-0.2, 0) is 6.42 Å². The Morgan fingerprint density at radius 1 is 1.18 bits per heavy atom. The Balaban J connectivity index is 0.00000144. The summed E-state index contributed by atoms with van der Waals surface area (Å²) in [4.78, 5) is 8.65. The number of nitrogens with zero attached hydrogens (tertiary/aromatic N) is 2. The van der Waals surface area contributed by atoms with Gasteiger partial charge in [-0.1, -0.05) is 34.1 Å². The molecule has 2 rings (SSSR count). The van der Waals surface area contributed by atoms with Crippen LogP contribution in [0.2, 0.25) is 0 Å². The second kappa shape index (κ2) is 6.69. The van der Waals surface area contributed by atoms with E-state index in [2.05, 4.69) is 25.9 Å². The number of rotatable bonds is 3. The van der Waals surface area contributed by atoms with Crippen LogP contribution in [-0.4, -0.2) is 16.5 Å². The zero-order chi connectivity index (χ0) is 11.4. The van der Waals surface area contributed by atoms with Crippen LogP contribution in [0.1, 0.15) is 5.82 Å². The lowest BCUT2D eigenvalue weighted by Crippen LogP contribution is -2.06. The molecule has 1 heterocycles. The third-order valence-electron chi connectivity index (χ3n) is 2.22. The molecule has 3 nitrogen and oxygen atoms in total. The van der Waals surface area contributed by atoms with Crippen molar-refractivity contribution < 1.29 is 0 Å². The first-order valence-electron chi connectivity index (χ1n) is 5.08. The summed E-state index contributed by atoms with van der Waals surface area (Å²) in [7, 11) is 0. The van der Waals surface area contributed by atoms with Gasteiger partial charge in [0.05, 0.1) is 5.69 Å². The summed E-state index contributed by atoms with van der Waals surface area (Å²) in [5, 5.41) is 0. The predicted molar refractivity (Wildman–Crippen MR) is 75.2 cm³/mol. The van der Waals surface area contributed by atoms with Gasteiger partial charge in [-0.2, -0.15) is 0 Å². The number of benzene rings is 1. The van der Waals surface area contributed by atoms with Gasteiger partial charge in [0.2, 0.25) is 0 Å². The molecule has 0 saturated heterocycles. The van der Waals surface area contributed by atoms with E-state index in [4.69, 9.17) is 5.73 Å². The first kappa shape index (κ1) is 14.1. The molecular formula is C12H13BrClN3. The van der Waals surface area contributed by atoms with Crippen molar-refractivity contribution in [2.45, 2.75) is 6.42 Å². The lowest BCUT2D eigenvalue weighted by molar-refractivity contribution is 0.869. The first-order chi connectivity index (χ1) is 7.81. The molecule has 1 aromatic carbocycles. The third kappa shape index (κ3) is 3.49. The highest BCUT2D eigenvalue weighted by molar-refractivity contribution is 9.10. The highest BCUT2D eigenvalue weighted by Crippen LogP contribution is 2.25. The molecule has 0 amide bonds. The normalized spacial score (nSPS) is 9.76. The first-order valence-corrected chi connectivity index (χ1v) is 5.87. The van der Waals surface area contributed by atoms with Gasteiger partial charge in [0, 0.05) is 22.7 Å². The highest BCUT2D eigenvalue weighted by atomic mass is 79.9. The van der Waals surface area contributed by atoms with Gasteiger partial charge in [-0.25, -0.2) is 9.97 Å². The SMILES string of the molecule is Cl.NCCc1nccc(-c2ccccc2Br)n1. The van der Waals surface area contributed by atoms with Crippen LogP contribution in [0.4, 0.5) is 0 Å². The fourth-order valence-electron chi connectivity index (χ4n) is 1.47. The molecule has 5 heteroatoms. The molecule has 0 aliphatic heterocycles. The van der Waals surface area contributed by atoms with E-state index < -0.39 is 0 Å². The van der Waals surface area contributed by atoms with Crippen LogP contribution < -0.4 is 5.73 Å². The molecule has 0 atom stereocenters. The molecule has 2 N–H and O–H groups in total. The Kier molecular flexibility index (Phi) is 5.55. The van der Waals surface area contributed by atoms with Gasteiger partial charge in [0.25, 0.3) is 0 Å². The van der Waals surface area contributed by atoms with Crippen LogP contribution in [0.5, 0.6) is 0 Å². The molecule has 0 aliphatic carbocycles. The molecule has 1 aromatic heterocycles. The van der Waals surface area contributed by atoms with Crippen molar-refractivity contribution in [2.24, 2.45) is 5.73 Å². The zero-order valence-corrected chi connectivity index (χ0v) is 11.5. The number of halogens is 2. The fourth-order valence-corrected chi connectivity index (χ4v) is 1.96. The fraction of sp³-hybridized carbons (Fsp3) is 0.167. The maximum Gasteiger partial charge on any atom is 0.130 e. The van der Waals surface area contributed by atoms with Crippen molar-refractivity contribution in [1.29, 1.82) is 0 Å². The summed E-state index contributed by atoms with van der Waals surface area (Å²) in [6, 6.07) is 9.90. The molecule has 0 fully saturated rings. The number of nitrogens with two attached hydrogens (primary N) is 1. The van der Waals surface area contributed by atoms with Crippen LogP contribution >= 0.6 is 28.3 Å². The van der Waals surface area contributed by atoms with Crippen molar-refractivity contribution in [3.63, 3.8) is 0 Å². The maximum absolute atomic E-state index is 5.49. The standard InChI is InChI=1S/C12H12BrN3.ClH/c13-10-4-2-1-3-9(10)11-6-8-15-12(16-11)5-7-14;/h1-4,6,8H,5,7,14H2;1H. The Labute approximate surface area is 115 Å². The molecule has 0 unspecified atom stereocenters. The minimum Gasteiger partial charge on any atom is -0.330 e. The van der Waals surface area contributed by atoms with Crippen molar-refractivity contribution in [3.8, 4) is 11.3 Å². The van der Waals surface area contributed by atoms with Crippen molar-refractivity contribution >= 4 is 28.3 Å². The topological polar surface area (TPSA) is 51.8 Å². The summed E-state index contributed by atoms with van der Waals surface area (Å²) >= 11 is 3.51. The van der Waals surface area contributed by atoms with Gasteiger partial charge < -0.3 is 5.73 Å². The van der Waals surface area contributed by atoms with E-state index in [1.807, 2.05) is 30.3 Å². The summed E-state index contributed by atoms with van der Waals surface area (Å²) in [5.41, 5.74) is 7.48. The Morgan fingerprint density at radius 3 is 2.65 bits per heavy atom. The summed E-state index contributed by atoms with van der Waals surface area (Å²) in [6.07, 6.45) is 2.48. The largest absolute Gasteiger partial charge is 0.330 e. The van der Waals surface area contributed by atoms with Gasteiger partial charge in [-0.05, 0) is 18.7 Å². The second-order valence-corrected chi connectivity index (χ2v) is 4.23. The Bertz CT molecular complexity index is 491. The van der Waals surface area contributed by atoms with Crippen molar-refractivity contribution in [2.75, 3.05) is 6.54 Å². The minimum atomic E-state index is 0. The lowest BCUT2D eigenvalue weighted by Gasteiger charge is -2.04. The number of hydrogen-bond acceptors (Lipinski definition) is 3. The quantitative estimate of drug-likeness (QED) is 0.948. The van der Waals surface area contributed by atoms with Crippen molar-refractivity contribution in [1.82, 2.24) is 9.97 Å². The van der Waals surface area contributed by atoms with Crippen LogP contribution in [0.25, 0.3) is 11.3 Å². The average Bonchev–Trinajstić information content (AvgIpc) is 2.30. The molecule has 90 valence electrons. The van der Waals surface area contributed by atoms with E-state index >= 15 is 0 Å². The smallest absolute Gasteiger partial charge is 0.130 e. The van der Waals surface area contributed by atoms with Crippen LogP contribution in [0.3, 0.4) is 0 Å². The van der Waals surface area contributed by atoms with Gasteiger partial charge in [0.15, 0.2) is 0 Å². The van der Waals surface area contributed by atoms with Crippen molar-refractivity contribution in [3.05, 3.63) is 46.8 Å². The van der Waals surface area contributed by atoms with E-state index in [1.165, 1.54) is 0 Å². The van der Waals surface area contributed by atoms with Gasteiger partial charge in [-0.15, -0.1) is 12.4 Å². The maximum atomic E-state index is 5.49. The summed E-state index contributed by atoms with van der Waals surface area (Å²) < 4.78 is 1.03.